The monoisotopic (exact) mass is 318 g/mol. The number of carbonyl (C=O) groups is 1. The number of esters is 1. The van der Waals surface area contributed by atoms with Crippen molar-refractivity contribution in [3.05, 3.63) is 46.6 Å². The van der Waals surface area contributed by atoms with Crippen LogP contribution in [0.1, 0.15) is 67.2 Å². The Morgan fingerprint density at radius 1 is 0.913 bits per heavy atom. The molecule has 0 saturated carbocycles. The van der Waals surface area contributed by atoms with Crippen LogP contribution in [0.4, 0.5) is 0 Å². The quantitative estimate of drug-likeness (QED) is 0.220. The Bertz CT molecular complexity index is 484. The second kappa shape index (κ2) is 11.9. The largest absolute Gasteiger partial charge is 0.466 e. The second-order valence-electron chi connectivity index (χ2n) is 6.69. The van der Waals surface area contributed by atoms with Crippen LogP contribution in [0.2, 0.25) is 0 Å². The molecular formula is C21H34O2. The van der Waals surface area contributed by atoms with Crippen LogP contribution in [0.15, 0.2) is 46.6 Å². The molecule has 0 spiro atoms. The Morgan fingerprint density at radius 2 is 1.48 bits per heavy atom. The van der Waals surface area contributed by atoms with Crippen molar-refractivity contribution in [2.75, 3.05) is 7.11 Å². The number of rotatable bonds is 9. The first-order valence-electron chi connectivity index (χ1n) is 8.52. The van der Waals surface area contributed by atoms with Gasteiger partial charge in [0.2, 0.25) is 0 Å². The predicted molar refractivity (Wildman–Crippen MR) is 100 cm³/mol. The van der Waals surface area contributed by atoms with Crippen molar-refractivity contribution >= 4 is 5.97 Å². The number of carbonyl (C=O) groups excluding carboxylic acids is 1. The predicted octanol–water partition coefficient (Wildman–Crippen LogP) is 6.16. The van der Waals surface area contributed by atoms with Gasteiger partial charge in [-0.25, -0.2) is 4.79 Å². The molecule has 0 aliphatic rings. The molecule has 0 radical (unpaired) electrons. The Balaban J connectivity index is 4.49. The third-order valence-corrected chi connectivity index (χ3v) is 3.71. The van der Waals surface area contributed by atoms with Crippen molar-refractivity contribution < 1.29 is 9.53 Å². The highest BCUT2D eigenvalue weighted by molar-refractivity contribution is 5.89. The highest BCUT2D eigenvalue weighted by Crippen LogP contribution is 2.14. The fourth-order valence-electron chi connectivity index (χ4n) is 2.17. The van der Waals surface area contributed by atoms with E-state index in [0.29, 0.717) is 0 Å². The summed E-state index contributed by atoms with van der Waals surface area (Å²) in [5, 5.41) is 0. The van der Waals surface area contributed by atoms with Crippen molar-refractivity contribution in [3.63, 3.8) is 0 Å². The van der Waals surface area contributed by atoms with Crippen molar-refractivity contribution in [2.24, 2.45) is 5.92 Å². The average Bonchev–Trinajstić information content (AvgIpc) is 2.46. The molecular weight excluding hydrogens is 284 g/mol. The van der Waals surface area contributed by atoms with Crippen molar-refractivity contribution in [1.29, 1.82) is 0 Å². The SMILES string of the molecule is COC(=O)/C(=C\C=C(/C)CC/C=C(\C)CCC=C(C)C)C(C)C. The minimum Gasteiger partial charge on any atom is -0.466 e. The van der Waals surface area contributed by atoms with Crippen molar-refractivity contribution in [2.45, 2.75) is 67.2 Å². The van der Waals surface area contributed by atoms with Crippen LogP contribution in [0.25, 0.3) is 0 Å². The van der Waals surface area contributed by atoms with Gasteiger partial charge in [-0.3, -0.25) is 0 Å². The molecule has 0 saturated heterocycles. The lowest BCUT2D eigenvalue weighted by atomic mass is 10.0. The lowest BCUT2D eigenvalue weighted by Gasteiger charge is -2.08. The molecule has 2 nitrogen and oxygen atoms in total. The van der Waals surface area contributed by atoms with Gasteiger partial charge in [-0.1, -0.05) is 54.9 Å². The van der Waals surface area contributed by atoms with Crippen LogP contribution < -0.4 is 0 Å². The minimum absolute atomic E-state index is 0.170. The molecule has 23 heavy (non-hydrogen) atoms. The van der Waals surface area contributed by atoms with Gasteiger partial charge < -0.3 is 4.74 Å². The maximum absolute atomic E-state index is 11.7. The Labute approximate surface area is 143 Å². The third-order valence-electron chi connectivity index (χ3n) is 3.71. The lowest BCUT2D eigenvalue weighted by molar-refractivity contribution is -0.136. The molecule has 0 aromatic heterocycles. The number of hydrogen-bond acceptors (Lipinski definition) is 2. The van der Waals surface area contributed by atoms with E-state index in [1.54, 1.807) is 0 Å². The molecule has 0 aromatic carbocycles. The van der Waals surface area contributed by atoms with Crippen LogP contribution in [0.3, 0.4) is 0 Å². The number of methoxy groups -OCH3 is 1. The van der Waals surface area contributed by atoms with Crippen LogP contribution in [0, 0.1) is 5.92 Å². The van der Waals surface area contributed by atoms with Gasteiger partial charge in [-0.05, 0) is 59.3 Å². The molecule has 0 rings (SSSR count). The molecule has 0 unspecified atom stereocenters. The van der Waals surface area contributed by atoms with Crippen LogP contribution >= 0.6 is 0 Å². The highest BCUT2D eigenvalue weighted by atomic mass is 16.5. The van der Waals surface area contributed by atoms with Crippen LogP contribution in [0.5, 0.6) is 0 Å². The van der Waals surface area contributed by atoms with E-state index in [4.69, 9.17) is 4.74 Å². The van der Waals surface area contributed by atoms with E-state index >= 15 is 0 Å². The van der Waals surface area contributed by atoms with Gasteiger partial charge >= 0.3 is 5.97 Å². The smallest absolute Gasteiger partial charge is 0.333 e. The van der Waals surface area contributed by atoms with E-state index in [2.05, 4.69) is 39.8 Å². The van der Waals surface area contributed by atoms with Gasteiger partial charge in [-0.2, -0.15) is 0 Å². The Morgan fingerprint density at radius 3 is 2.00 bits per heavy atom. The summed E-state index contributed by atoms with van der Waals surface area (Å²) in [6.45, 7) is 12.6. The molecule has 0 fully saturated rings. The maximum atomic E-state index is 11.7. The van der Waals surface area contributed by atoms with Crippen molar-refractivity contribution in [1.82, 2.24) is 0 Å². The minimum atomic E-state index is -0.237. The fourth-order valence-corrected chi connectivity index (χ4v) is 2.17. The van der Waals surface area contributed by atoms with Gasteiger partial charge in [0.05, 0.1) is 7.11 Å². The standard InChI is InChI=1S/C21H34O2/c1-16(2)10-8-11-18(5)12-9-13-19(6)14-15-20(17(3)4)21(22)23-7/h10,12,14-15,17H,8-9,11,13H2,1-7H3/b18-12+,19-14+,20-15-. The Hall–Kier alpha value is -1.57. The molecule has 0 aliphatic heterocycles. The van der Waals surface area contributed by atoms with Gasteiger partial charge in [0.15, 0.2) is 0 Å². The zero-order valence-electron chi connectivity index (χ0n) is 16.0. The topological polar surface area (TPSA) is 26.3 Å². The summed E-state index contributed by atoms with van der Waals surface area (Å²) in [4.78, 5) is 11.7. The summed E-state index contributed by atoms with van der Waals surface area (Å²) in [6.07, 6.45) is 12.9. The molecule has 0 bridgehead atoms. The summed E-state index contributed by atoms with van der Waals surface area (Å²) in [7, 11) is 1.43. The first kappa shape index (κ1) is 21.4. The molecule has 0 atom stereocenters. The molecule has 0 amide bonds. The fraction of sp³-hybridized carbons (Fsp3) is 0.571. The van der Waals surface area contributed by atoms with E-state index in [1.807, 2.05) is 26.0 Å². The molecule has 0 aliphatic carbocycles. The summed E-state index contributed by atoms with van der Waals surface area (Å²) in [5.74, 6) is -0.0669. The normalized spacial score (nSPS) is 13.3. The van der Waals surface area contributed by atoms with Gasteiger partial charge in [0.25, 0.3) is 0 Å². The Kier molecular flexibility index (Phi) is 11.1. The first-order chi connectivity index (χ1) is 10.8. The van der Waals surface area contributed by atoms with E-state index in [0.717, 1.165) is 31.3 Å². The van der Waals surface area contributed by atoms with Gasteiger partial charge in [-0.15, -0.1) is 0 Å². The molecule has 0 heterocycles. The zero-order valence-corrected chi connectivity index (χ0v) is 16.0. The van der Waals surface area contributed by atoms with Crippen molar-refractivity contribution in [3.8, 4) is 0 Å². The summed E-state index contributed by atoms with van der Waals surface area (Å²) in [5.41, 5.74) is 4.83. The summed E-state index contributed by atoms with van der Waals surface area (Å²) >= 11 is 0. The van der Waals surface area contributed by atoms with E-state index in [-0.39, 0.29) is 11.9 Å². The summed E-state index contributed by atoms with van der Waals surface area (Å²) in [6, 6.07) is 0. The van der Waals surface area contributed by atoms with Crippen LogP contribution in [-0.2, 0) is 9.53 Å². The zero-order chi connectivity index (χ0) is 17.8. The molecule has 0 N–H and O–H groups in total. The molecule has 2 heteroatoms. The maximum Gasteiger partial charge on any atom is 0.333 e. The number of ether oxygens (including phenoxy) is 1. The van der Waals surface area contributed by atoms with Gasteiger partial charge in [0.1, 0.15) is 0 Å². The molecule has 130 valence electrons. The van der Waals surface area contributed by atoms with E-state index in [9.17, 15) is 4.79 Å². The second-order valence-corrected chi connectivity index (χ2v) is 6.69. The van der Waals surface area contributed by atoms with E-state index < -0.39 is 0 Å². The lowest BCUT2D eigenvalue weighted by Crippen LogP contribution is -2.09. The van der Waals surface area contributed by atoms with Crippen LogP contribution in [-0.4, -0.2) is 13.1 Å². The average molecular weight is 319 g/mol. The number of hydrogen-bond donors (Lipinski definition) is 0. The molecule has 0 aromatic rings. The van der Waals surface area contributed by atoms with Gasteiger partial charge in [0, 0.05) is 5.57 Å². The summed E-state index contributed by atoms with van der Waals surface area (Å²) < 4.78 is 4.82. The van der Waals surface area contributed by atoms with E-state index in [1.165, 1.54) is 23.8 Å². The highest BCUT2D eigenvalue weighted by Gasteiger charge is 2.12. The first-order valence-corrected chi connectivity index (χ1v) is 8.52. The number of allylic oxidation sites excluding steroid dienone is 7. The third kappa shape index (κ3) is 10.7.